The van der Waals surface area contributed by atoms with Gasteiger partial charge < -0.3 is 36.7 Å². The van der Waals surface area contributed by atoms with Crippen LogP contribution in [0.25, 0.3) is 0 Å². The minimum Gasteiger partial charge on any atom is -0.504 e. The summed E-state index contributed by atoms with van der Waals surface area (Å²) >= 11 is 0. The summed E-state index contributed by atoms with van der Waals surface area (Å²) in [6.45, 7) is 6.59. The van der Waals surface area contributed by atoms with Crippen molar-refractivity contribution in [1.29, 1.82) is 0 Å². The predicted molar refractivity (Wildman–Crippen MR) is 102 cm³/mol. The number of carboxylic acid groups (broad SMARTS) is 1. The summed E-state index contributed by atoms with van der Waals surface area (Å²) in [6, 6.07) is 2.82. The molecule has 1 atom stereocenters. The number of nitrogens with two attached hydrogens (primary N) is 1. The molecule has 0 amide bonds. The molecule has 0 saturated carbocycles. The molecule has 0 aliphatic heterocycles. The molecule has 0 heterocycles. The van der Waals surface area contributed by atoms with E-state index in [9.17, 15) is 19.8 Å². The van der Waals surface area contributed by atoms with Gasteiger partial charge in [0.1, 0.15) is 5.54 Å². The van der Waals surface area contributed by atoms with E-state index in [1.807, 2.05) is 0 Å². The molecule has 27 heavy (non-hydrogen) atoms. The third-order valence-electron chi connectivity index (χ3n) is 3.51. The number of hydrogen-bond donors (Lipinski definition) is 4. The van der Waals surface area contributed by atoms with E-state index in [-0.39, 0.29) is 60.3 Å². The third kappa shape index (κ3) is 8.44. The Kier molecular flexibility index (Phi) is 12.0. The molecule has 10 heteroatoms. The molecular formula is C17H30ClNO8. The van der Waals surface area contributed by atoms with Crippen LogP contribution < -0.4 is 5.73 Å². The third-order valence-corrected chi connectivity index (χ3v) is 3.51. The first-order chi connectivity index (χ1) is 10.8. The number of carboxylic acids is 1. The number of rotatable bonds is 6. The Morgan fingerprint density at radius 1 is 1.11 bits per heavy atom. The van der Waals surface area contributed by atoms with Gasteiger partial charge in [0, 0.05) is 18.4 Å². The Labute approximate surface area is 164 Å². The summed E-state index contributed by atoms with van der Waals surface area (Å²) in [5.74, 6) is -2.23. The maximum atomic E-state index is 11.7. The number of ether oxygens (including phenoxy) is 1. The van der Waals surface area contributed by atoms with Crippen molar-refractivity contribution in [2.45, 2.75) is 46.1 Å². The molecule has 158 valence electrons. The molecule has 0 aliphatic rings. The van der Waals surface area contributed by atoms with E-state index in [0.29, 0.717) is 11.1 Å². The number of aliphatic carboxylic acids is 1. The zero-order chi connectivity index (χ0) is 18.7. The number of halogens is 1. The Bertz CT molecular complexity index is 641. The van der Waals surface area contributed by atoms with Gasteiger partial charge in [-0.2, -0.15) is 0 Å². The fourth-order valence-electron chi connectivity index (χ4n) is 2.00. The maximum Gasteiger partial charge on any atom is 0.323 e. The number of aromatic hydroxyl groups is 2. The van der Waals surface area contributed by atoms with Gasteiger partial charge in [-0.15, -0.1) is 12.4 Å². The van der Waals surface area contributed by atoms with E-state index in [1.165, 1.54) is 13.0 Å². The molecule has 0 aliphatic carbocycles. The zero-order valence-electron chi connectivity index (χ0n) is 15.8. The van der Waals surface area contributed by atoms with E-state index in [1.54, 1.807) is 26.8 Å². The van der Waals surface area contributed by atoms with Crippen molar-refractivity contribution in [3.8, 4) is 11.5 Å². The van der Waals surface area contributed by atoms with Gasteiger partial charge in [-0.1, -0.05) is 6.07 Å². The van der Waals surface area contributed by atoms with Gasteiger partial charge in [0.25, 0.3) is 0 Å². The minimum atomic E-state index is -1.50. The quantitative estimate of drug-likeness (QED) is 0.382. The molecule has 1 aromatic carbocycles. The van der Waals surface area contributed by atoms with Crippen molar-refractivity contribution < 1.29 is 40.6 Å². The maximum absolute atomic E-state index is 11.7. The minimum absolute atomic E-state index is 0. The molecule has 1 aromatic rings. The van der Waals surface area contributed by atoms with Crippen molar-refractivity contribution in [3.05, 3.63) is 23.3 Å². The van der Waals surface area contributed by atoms with E-state index in [2.05, 4.69) is 0 Å². The second kappa shape index (κ2) is 10.9. The van der Waals surface area contributed by atoms with Crippen LogP contribution in [0.5, 0.6) is 11.5 Å². The highest BCUT2D eigenvalue weighted by Gasteiger charge is 2.29. The number of carbonyl (C=O) groups excluding carboxylic acids is 1. The van der Waals surface area contributed by atoms with Gasteiger partial charge in [0.2, 0.25) is 0 Å². The SMILES string of the molecule is CC(C)(C)C(=O)OCCc1cc(C[C@](C)(N)C(=O)O)cc(O)c1O.Cl.O.O. The number of phenolic OH excluding ortho intramolecular Hbond substituents is 2. The number of phenols is 2. The average molecular weight is 412 g/mol. The molecule has 9 N–H and O–H groups in total. The summed E-state index contributed by atoms with van der Waals surface area (Å²) in [4.78, 5) is 22.8. The Morgan fingerprint density at radius 2 is 1.63 bits per heavy atom. The van der Waals surface area contributed by atoms with Gasteiger partial charge in [0.15, 0.2) is 11.5 Å². The van der Waals surface area contributed by atoms with Gasteiger partial charge in [0.05, 0.1) is 12.0 Å². The number of hydrogen-bond acceptors (Lipinski definition) is 6. The monoisotopic (exact) mass is 411 g/mol. The first-order valence-corrected chi connectivity index (χ1v) is 7.58. The first-order valence-electron chi connectivity index (χ1n) is 7.58. The fraction of sp³-hybridized carbons (Fsp3) is 0.529. The zero-order valence-corrected chi connectivity index (χ0v) is 16.6. The molecule has 1 rings (SSSR count). The lowest BCUT2D eigenvalue weighted by Gasteiger charge is -2.20. The molecule has 9 nitrogen and oxygen atoms in total. The summed E-state index contributed by atoms with van der Waals surface area (Å²) in [5.41, 5.74) is 4.40. The number of esters is 1. The summed E-state index contributed by atoms with van der Waals surface area (Å²) in [5, 5.41) is 28.8. The number of benzene rings is 1. The Hall–Kier alpha value is -2.07. The van der Waals surface area contributed by atoms with Gasteiger partial charge in [-0.25, -0.2) is 0 Å². The molecule has 0 radical (unpaired) electrons. The molecule has 0 fully saturated rings. The Balaban J connectivity index is -0.00000192. The van der Waals surface area contributed by atoms with E-state index < -0.39 is 16.9 Å². The van der Waals surface area contributed by atoms with Crippen LogP contribution in [-0.4, -0.2) is 50.4 Å². The first kappa shape index (κ1) is 29.7. The normalized spacial score (nSPS) is 12.5. The van der Waals surface area contributed by atoms with Crippen LogP contribution in [0.15, 0.2) is 12.1 Å². The average Bonchev–Trinajstić information content (AvgIpc) is 2.42. The summed E-state index contributed by atoms with van der Waals surface area (Å²) in [6.07, 6.45) is 0.161. The summed E-state index contributed by atoms with van der Waals surface area (Å²) in [7, 11) is 0. The molecule has 0 saturated heterocycles. The van der Waals surface area contributed by atoms with Crippen molar-refractivity contribution >= 4 is 24.3 Å². The van der Waals surface area contributed by atoms with Crippen molar-refractivity contribution in [3.63, 3.8) is 0 Å². The van der Waals surface area contributed by atoms with Crippen LogP contribution in [-0.2, 0) is 27.2 Å². The standard InChI is InChI=1S/C17H25NO6.ClH.2H2O/c1-16(2,3)15(23)24-6-5-11-7-10(8-12(19)13(11)20)9-17(4,18)14(21)22;;;/h7-8,19-20H,5-6,9,18H2,1-4H3,(H,21,22);1H;2*1H2/t17-;;;/m0.../s1. The van der Waals surface area contributed by atoms with Crippen LogP contribution >= 0.6 is 12.4 Å². The van der Waals surface area contributed by atoms with Crippen LogP contribution in [0.1, 0.15) is 38.8 Å². The lowest BCUT2D eigenvalue weighted by Crippen LogP contribution is -2.46. The topological polar surface area (TPSA) is 193 Å². The van der Waals surface area contributed by atoms with E-state index in [4.69, 9.17) is 15.6 Å². The highest BCUT2D eigenvalue weighted by Crippen LogP contribution is 2.32. The molecule has 0 unspecified atom stereocenters. The molecule has 0 aromatic heterocycles. The predicted octanol–water partition coefficient (Wildman–Crippen LogP) is 0.346. The largest absolute Gasteiger partial charge is 0.504 e. The highest BCUT2D eigenvalue weighted by atomic mass is 35.5. The van der Waals surface area contributed by atoms with Crippen LogP contribution in [0, 0.1) is 5.41 Å². The van der Waals surface area contributed by atoms with Crippen molar-refractivity contribution in [2.24, 2.45) is 11.1 Å². The van der Waals surface area contributed by atoms with Crippen molar-refractivity contribution in [2.75, 3.05) is 6.61 Å². The highest BCUT2D eigenvalue weighted by molar-refractivity contribution is 5.85. The number of carbonyl (C=O) groups is 2. The van der Waals surface area contributed by atoms with Gasteiger partial charge in [-0.05, 0) is 39.3 Å². The Morgan fingerprint density at radius 3 is 2.07 bits per heavy atom. The second-order valence-corrected chi connectivity index (χ2v) is 7.16. The summed E-state index contributed by atoms with van der Waals surface area (Å²) < 4.78 is 5.13. The van der Waals surface area contributed by atoms with Crippen LogP contribution in [0.2, 0.25) is 0 Å². The lowest BCUT2D eigenvalue weighted by atomic mass is 9.92. The van der Waals surface area contributed by atoms with E-state index >= 15 is 0 Å². The van der Waals surface area contributed by atoms with E-state index in [0.717, 1.165) is 0 Å². The molecule has 0 bridgehead atoms. The van der Waals surface area contributed by atoms with Crippen molar-refractivity contribution in [1.82, 2.24) is 0 Å². The smallest absolute Gasteiger partial charge is 0.323 e. The van der Waals surface area contributed by atoms with Gasteiger partial charge in [-0.3, -0.25) is 9.59 Å². The van der Waals surface area contributed by atoms with Crippen LogP contribution in [0.4, 0.5) is 0 Å². The molecule has 0 spiro atoms. The van der Waals surface area contributed by atoms with Gasteiger partial charge >= 0.3 is 11.9 Å². The molecular weight excluding hydrogens is 382 g/mol. The van der Waals surface area contributed by atoms with Crippen LogP contribution in [0.3, 0.4) is 0 Å². The second-order valence-electron chi connectivity index (χ2n) is 7.16. The lowest BCUT2D eigenvalue weighted by molar-refractivity contribution is -0.152. The fourth-order valence-corrected chi connectivity index (χ4v) is 2.00.